The number of phenolic OH excluding ortho intramolecular Hbond substituents is 1. The van der Waals surface area contributed by atoms with E-state index < -0.39 is 4.92 Å². The summed E-state index contributed by atoms with van der Waals surface area (Å²) in [6.07, 6.45) is 0. The number of rotatable bonds is 5. The van der Waals surface area contributed by atoms with Crippen LogP contribution < -0.4 is 10.9 Å². The van der Waals surface area contributed by atoms with Crippen molar-refractivity contribution in [1.29, 1.82) is 0 Å². The van der Waals surface area contributed by atoms with Crippen LogP contribution in [0.1, 0.15) is 5.56 Å². The molecule has 2 aromatic rings. The van der Waals surface area contributed by atoms with Gasteiger partial charge in [-0.2, -0.15) is 0 Å². The number of aromatic hydroxyl groups is 1. The van der Waals surface area contributed by atoms with Crippen molar-refractivity contribution >= 4 is 11.4 Å². The Balaban J connectivity index is 1.99. The van der Waals surface area contributed by atoms with Crippen LogP contribution in [-0.4, -0.2) is 10.0 Å². The zero-order valence-electron chi connectivity index (χ0n) is 10.0. The van der Waals surface area contributed by atoms with Crippen molar-refractivity contribution in [2.75, 3.05) is 5.43 Å². The maximum absolute atomic E-state index is 10.6. The monoisotopic (exact) mass is 259 g/mol. The molecule has 3 N–H and O–H groups in total. The van der Waals surface area contributed by atoms with Gasteiger partial charge in [-0.1, -0.05) is 18.2 Å². The molecule has 19 heavy (non-hydrogen) atoms. The zero-order chi connectivity index (χ0) is 13.7. The summed E-state index contributed by atoms with van der Waals surface area (Å²) in [4.78, 5) is 10.2. The minimum absolute atomic E-state index is 0.0213. The molecule has 6 heteroatoms. The SMILES string of the molecule is O=[N+]([O-])c1ccc(O)c(CNNc2ccccc2)c1. The average Bonchev–Trinajstić information content (AvgIpc) is 2.42. The number of nitrogens with zero attached hydrogens (tertiary/aromatic N) is 1. The number of nitro benzene ring substituents is 1. The van der Waals surface area contributed by atoms with Gasteiger partial charge in [0, 0.05) is 29.9 Å². The second-order valence-corrected chi connectivity index (χ2v) is 3.91. The Labute approximate surface area is 109 Å². The Morgan fingerprint density at radius 3 is 2.58 bits per heavy atom. The third-order valence-electron chi connectivity index (χ3n) is 2.56. The number of benzene rings is 2. The Kier molecular flexibility index (Phi) is 3.94. The molecule has 0 heterocycles. The zero-order valence-corrected chi connectivity index (χ0v) is 10.0. The number of nitro groups is 1. The van der Waals surface area contributed by atoms with Gasteiger partial charge in [0.1, 0.15) is 5.75 Å². The molecule has 2 aromatic carbocycles. The highest BCUT2D eigenvalue weighted by Gasteiger charge is 2.09. The maximum atomic E-state index is 10.6. The molecule has 2 rings (SSSR count). The summed E-state index contributed by atoms with van der Waals surface area (Å²) < 4.78 is 0. The largest absolute Gasteiger partial charge is 0.508 e. The van der Waals surface area contributed by atoms with Crippen LogP contribution in [-0.2, 0) is 6.54 Å². The van der Waals surface area contributed by atoms with E-state index in [1.54, 1.807) is 0 Å². The Hall–Kier alpha value is -2.60. The lowest BCUT2D eigenvalue weighted by Crippen LogP contribution is -2.20. The molecular weight excluding hydrogens is 246 g/mol. The molecule has 6 nitrogen and oxygen atoms in total. The number of para-hydroxylation sites is 1. The summed E-state index contributed by atoms with van der Waals surface area (Å²) in [6.45, 7) is 0.266. The number of anilines is 1. The van der Waals surface area contributed by atoms with Crippen LogP contribution >= 0.6 is 0 Å². The normalized spacial score (nSPS) is 10.1. The molecule has 0 aliphatic rings. The topological polar surface area (TPSA) is 87.4 Å². The second-order valence-electron chi connectivity index (χ2n) is 3.91. The van der Waals surface area contributed by atoms with Crippen LogP contribution in [0.5, 0.6) is 5.75 Å². The van der Waals surface area contributed by atoms with Crippen LogP contribution in [0.3, 0.4) is 0 Å². The van der Waals surface area contributed by atoms with Gasteiger partial charge in [0.15, 0.2) is 0 Å². The molecule has 0 spiro atoms. The van der Waals surface area contributed by atoms with Crippen molar-refractivity contribution in [2.24, 2.45) is 0 Å². The lowest BCUT2D eigenvalue weighted by atomic mass is 10.2. The van der Waals surface area contributed by atoms with Gasteiger partial charge in [-0.15, -0.1) is 0 Å². The van der Waals surface area contributed by atoms with Gasteiger partial charge in [0.05, 0.1) is 4.92 Å². The third kappa shape index (κ3) is 3.43. The highest BCUT2D eigenvalue weighted by molar-refractivity contribution is 5.44. The van der Waals surface area contributed by atoms with Gasteiger partial charge in [-0.25, -0.2) is 5.43 Å². The summed E-state index contributed by atoms with van der Waals surface area (Å²) in [5.41, 5.74) is 7.11. The number of hydrazine groups is 1. The molecule has 0 saturated carbocycles. The molecule has 98 valence electrons. The van der Waals surface area contributed by atoms with Gasteiger partial charge in [-0.3, -0.25) is 10.1 Å². The predicted molar refractivity (Wildman–Crippen MR) is 71.7 cm³/mol. The molecule has 0 atom stereocenters. The van der Waals surface area contributed by atoms with Crippen molar-refractivity contribution in [3.8, 4) is 5.75 Å². The first-order valence-electron chi connectivity index (χ1n) is 5.67. The fraction of sp³-hybridized carbons (Fsp3) is 0.0769. The van der Waals surface area contributed by atoms with Crippen LogP contribution in [0.15, 0.2) is 48.5 Å². The van der Waals surface area contributed by atoms with Crippen molar-refractivity contribution in [3.05, 3.63) is 64.2 Å². The molecule has 0 aliphatic heterocycles. The van der Waals surface area contributed by atoms with Crippen LogP contribution in [0.4, 0.5) is 11.4 Å². The summed E-state index contributed by atoms with van der Waals surface area (Å²) in [6, 6.07) is 13.3. The highest BCUT2D eigenvalue weighted by Crippen LogP contribution is 2.22. The second kappa shape index (κ2) is 5.83. The van der Waals surface area contributed by atoms with Crippen LogP contribution in [0.25, 0.3) is 0 Å². The van der Waals surface area contributed by atoms with E-state index in [0.717, 1.165) is 5.69 Å². The number of hydrogen-bond donors (Lipinski definition) is 3. The van der Waals surface area contributed by atoms with Gasteiger partial charge in [0.25, 0.3) is 5.69 Å². The molecular formula is C13H13N3O3. The Bertz CT molecular complexity index is 573. The first-order valence-corrected chi connectivity index (χ1v) is 5.67. The lowest BCUT2D eigenvalue weighted by molar-refractivity contribution is -0.384. The summed E-state index contributed by atoms with van der Waals surface area (Å²) in [7, 11) is 0. The Morgan fingerprint density at radius 2 is 1.89 bits per heavy atom. The predicted octanol–water partition coefficient (Wildman–Crippen LogP) is 2.42. The van der Waals surface area contributed by atoms with Gasteiger partial charge < -0.3 is 10.5 Å². The van der Waals surface area contributed by atoms with E-state index in [1.165, 1.54) is 18.2 Å². The van der Waals surface area contributed by atoms with Gasteiger partial charge in [-0.05, 0) is 18.2 Å². The first kappa shape index (κ1) is 12.8. The van der Waals surface area contributed by atoms with E-state index in [-0.39, 0.29) is 18.0 Å². The fourth-order valence-electron chi connectivity index (χ4n) is 1.59. The molecule has 0 unspecified atom stereocenters. The minimum Gasteiger partial charge on any atom is -0.508 e. The van der Waals surface area contributed by atoms with E-state index in [9.17, 15) is 15.2 Å². The van der Waals surface area contributed by atoms with Crippen molar-refractivity contribution in [1.82, 2.24) is 5.43 Å². The van der Waals surface area contributed by atoms with E-state index in [0.29, 0.717) is 5.56 Å². The summed E-state index contributed by atoms with van der Waals surface area (Å²) in [5, 5.41) is 20.3. The quantitative estimate of drug-likeness (QED) is 0.567. The number of non-ortho nitro benzene ring substituents is 1. The van der Waals surface area contributed by atoms with Crippen molar-refractivity contribution in [3.63, 3.8) is 0 Å². The van der Waals surface area contributed by atoms with Crippen molar-refractivity contribution < 1.29 is 10.0 Å². The first-order chi connectivity index (χ1) is 9.16. The standard InChI is InChI=1S/C13H13N3O3/c17-13-7-6-12(16(18)19)8-10(13)9-14-15-11-4-2-1-3-5-11/h1-8,14-15,17H,9H2. The Morgan fingerprint density at radius 1 is 1.16 bits per heavy atom. The summed E-state index contributed by atoms with van der Waals surface area (Å²) >= 11 is 0. The van der Waals surface area contributed by atoms with Crippen LogP contribution in [0.2, 0.25) is 0 Å². The van der Waals surface area contributed by atoms with Crippen molar-refractivity contribution in [2.45, 2.75) is 6.54 Å². The highest BCUT2D eigenvalue weighted by atomic mass is 16.6. The summed E-state index contributed by atoms with van der Waals surface area (Å²) in [5.74, 6) is 0.0213. The molecule has 0 aliphatic carbocycles. The van der Waals surface area contributed by atoms with E-state index in [2.05, 4.69) is 10.9 Å². The molecule has 0 aromatic heterocycles. The molecule has 0 saturated heterocycles. The number of hydrogen-bond acceptors (Lipinski definition) is 5. The molecule has 0 radical (unpaired) electrons. The van der Waals surface area contributed by atoms with E-state index in [1.807, 2.05) is 30.3 Å². The number of phenols is 1. The third-order valence-corrected chi connectivity index (χ3v) is 2.56. The van der Waals surface area contributed by atoms with E-state index in [4.69, 9.17) is 0 Å². The lowest BCUT2D eigenvalue weighted by Gasteiger charge is -2.09. The molecule has 0 amide bonds. The number of nitrogens with one attached hydrogen (secondary N) is 2. The maximum Gasteiger partial charge on any atom is 0.270 e. The fourth-order valence-corrected chi connectivity index (χ4v) is 1.59. The van der Waals surface area contributed by atoms with Crippen LogP contribution in [0, 0.1) is 10.1 Å². The van der Waals surface area contributed by atoms with Gasteiger partial charge >= 0.3 is 0 Å². The van der Waals surface area contributed by atoms with Gasteiger partial charge in [0.2, 0.25) is 0 Å². The molecule has 0 fully saturated rings. The molecule has 0 bridgehead atoms. The minimum atomic E-state index is -0.492. The average molecular weight is 259 g/mol. The van der Waals surface area contributed by atoms with E-state index >= 15 is 0 Å². The smallest absolute Gasteiger partial charge is 0.270 e.